The van der Waals surface area contributed by atoms with Crippen LogP contribution in [0.1, 0.15) is 26.5 Å². The fraction of sp³-hybridized carbons (Fsp3) is 0.143. The lowest BCUT2D eigenvalue weighted by Crippen LogP contribution is -2.27. The van der Waals surface area contributed by atoms with E-state index in [2.05, 4.69) is 15.3 Å². The molecule has 0 atom stereocenters. The SMILES string of the molecule is O=C(O)c1cccc(C(=O)NCCc2cccnc2)n1. The fourth-order valence-electron chi connectivity index (χ4n) is 1.64. The standard InChI is InChI=1S/C14H13N3O3/c18-13(11-4-1-5-12(17-11)14(19)20)16-8-6-10-3-2-7-15-9-10/h1-5,7,9H,6,8H2,(H,16,18)(H,19,20). The number of hydrogen-bond acceptors (Lipinski definition) is 4. The quantitative estimate of drug-likeness (QED) is 0.851. The molecule has 6 nitrogen and oxygen atoms in total. The fourth-order valence-corrected chi connectivity index (χ4v) is 1.64. The first kappa shape index (κ1) is 13.7. The monoisotopic (exact) mass is 271 g/mol. The lowest BCUT2D eigenvalue weighted by Gasteiger charge is -2.05. The molecule has 0 unspecified atom stereocenters. The number of hydrogen-bond donors (Lipinski definition) is 2. The van der Waals surface area contributed by atoms with Crippen LogP contribution in [0, 0.1) is 0 Å². The van der Waals surface area contributed by atoms with Gasteiger partial charge in [0.2, 0.25) is 0 Å². The third-order valence-corrected chi connectivity index (χ3v) is 2.62. The van der Waals surface area contributed by atoms with Crippen LogP contribution in [-0.4, -0.2) is 33.5 Å². The average Bonchev–Trinajstić information content (AvgIpc) is 2.48. The molecule has 0 saturated heterocycles. The Kier molecular flexibility index (Phi) is 4.39. The molecule has 0 aliphatic carbocycles. The number of amides is 1. The van der Waals surface area contributed by atoms with Crippen LogP contribution >= 0.6 is 0 Å². The van der Waals surface area contributed by atoms with Crippen molar-refractivity contribution in [2.45, 2.75) is 6.42 Å². The number of aromatic carboxylic acids is 1. The van der Waals surface area contributed by atoms with Crippen LogP contribution in [0.15, 0.2) is 42.7 Å². The Morgan fingerprint density at radius 3 is 2.65 bits per heavy atom. The van der Waals surface area contributed by atoms with E-state index >= 15 is 0 Å². The van der Waals surface area contributed by atoms with Gasteiger partial charge in [0.1, 0.15) is 11.4 Å². The molecule has 0 saturated carbocycles. The number of rotatable bonds is 5. The summed E-state index contributed by atoms with van der Waals surface area (Å²) in [7, 11) is 0. The average molecular weight is 271 g/mol. The van der Waals surface area contributed by atoms with Crippen molar-refractivity contribution < 1.29 is 14.7 Å². The lowest BCUT2D eigenvalue weighted by molar-refractivity contribution is 0.0690. The number of pyridine rings is 2. The molecule has 20 heavy (non-hydrogen) atoms. The van der Waals surface area contributed by atoms with Crippen LogP contribution in [0.2, 0.25) is 0 Å². The summed E-state index contributed by atoms with van der Waals surface area (Å²) in [5.74, 6) is -1.55. The van der Waals surface area contributed by atoms with Gasteiger partial charge in [0, 0.05) is 18.9 Å². The highest BCUT2D eigenvalue weighted by Crippen LogP contribution is 2.00. The number of carboxylic acids is 1. The number of carboxylic acid groups (broad SMARTS) is 1. The predicted octanol–water partition coefficient (Wildman–Crippen LogP) is 1.15. The Labute approximate surface area is 115 Å². The molecule has 1 amide bonds. The summed E-state index contributed by atoms with van der Waals surface area (Å²) in [4.78, 5) is 30.4. The van der Waals surface area contributed by atoms with E-state index in [1.807, 2.05) is 12.1 Å². The molecule has 0 bridgehead atoms. The second-order valence-electron chi connectivity index (χ2n) is 4.08. The summed E-state index contributed by atoms with van der Waals surface area (Å²) < 4.78 is 0. The van der Waals surface area contributed by atoms with Gasteiger partial charge in [0.15, 0.2) is 0 Å². The Balaban J connectivity index is 1.92. The zero-order chi connectivity index (χ0) is 14.4. The molecule has 0 aliphatic rings. The molecule has 2 heterocycles. The van der Waals surface area contributed by atoms with Crippen LogP contribution < -0.4 is 5.32 Å². The van der Waals surface area contributed by atoms with E-state index in [4.69, 9.17) is 5.11 Å². The van der Waals surface area contributed by atoms with Crippen LogP contribution in [0.25, 0.3) is 0 Å². The second-order valence-corrected chi connectivity index (χ2v) is 4.08. The highest BCUT2D eigenvalue weighted by atomic mass is 16.4. The van der Waals surface area contributed by atoms with Crippen molar-refractivity contribution in [2.24, 2.45) is 0 Å². The van der Waals surface area contributed by atoms with Gasteiger partial charge in [-0.15, -0.1) is 0 Å². The first-order chi connectivity index (χ1) is 9.66. The third-order valence-electron chi connectivity index (χ3n) is 2.62. The minimum absolute atomic E-state index is 0.0936. The Morgan fingerprint density at radius 1 is 1.15 bits per heavy atom. The van der Waals surface area contributed by atoms with Crippen molar-refractivity contribution in [1.82, 2.24) is 15.3 Å². The van der Waals surface area contributed by atoms with Crippen molar-refractivity contribution >= 4 is 11.9 Å². The Morgan fingerprint density at radius 2 is 1.95 bits per heavy atom. The molecule has 0 aliphatic heterocycles. The van der Waals surface area contributed by atoms with Gasteiger partial charge >= 0.3 is 5.97 Å². The topological polar surface area (TPSA) is 92.2 Å². The Bertz CT molecular complexity index is 614. The van der Waals surface area contributed by atoms with Gasteiger partial charge in [-0.3, -0.25) is 9.78 Å². The number of carbonyl (C=O) groups excluding carboxylic acids is 1. The van der Waals surface area contributed by atoms with Gasteiger partial charge in [-0.25, -0.2) is 9.78 Å². The van der Waals surface area contributed by atoms with E-state index in [1.54, 1.807) is 12.4 Å². The van der Waals surface area contributed by atoms with Crippen LogP contribution in [0.4, 0.5) is 0 Å². The van der Waals surface area contributed by atoms with Gasteiger partial charge in [0.25, 0.3) is 5.91 Å². The van der Waals surface area contributed by atoms with E-state index in [0.29, 0.717) is 13.0 Å². The van der Waals surface area contributed by atoms with Crippen molar-refractivity contribution in [3.8, 4) is 0 Å². The maximum Gasteiger partial charge on any atom is 0.354 e. The van der Waals surface area contributed by atoms with Crippen molar-refractivity contribution in [2.75, 3.05) is 6.54 Å². The predicted molar refractivity (Wildman–Crippen MR) is 71.5 cm³/mol. The summed E-state index contributed by atoms with van der Waals surface area (Å²) in [6.45, 7) is 0.434. The van der Waals surface area contributed by atoms with Crippen LogP contribution in [-0.2, 0) is 6.42 Å². The smallest absolute Gasteiger partial charge is 0.354 e. The molecule has 6 heteroatoms. The summed E-state index contributed by atoms with van der Waals surface area (Å²) in [5, 5.41) is 11.5. The minimum Gasteiger partial charge on any atom is -0.477 e. The van der Waals surface area contributed by atoms with Gasteiger partial charge in [-0.05, 0) is 30.2 Å². The number of carbonyl (C=O) groups is 2. The molecule has 102 valence electrons. The highest BCUT2D eigenvalue weighted by Gasteiger charge is 2.10. The van der Waals surface area contributed by atoms with E-state index in [0.717, 1.165) is 5.56 Å². The van der Waals surface area contributed by atoms with Gasteiger partial charge < -0.3 is 10.4 Å². The summed E-state index contributed by atoms with van der Waals surface area (Å²) in [6.07, 6.45) is 4.07. The van der Waals surface area contributed by atoms with Crippen LogP contribution in [0.3, 0.4) is 0 Å². The minimum atomic E-state index is -1.16. The molecule has 0 radical (unpaired) electrons. The summed E-state index contributed by atoms with van der Waals surface area (Å²) in [6, 6.07) is 8.06. The molecule has 2 rings (SSSR count). The first-order valence-electron chi connectivity index (χ1n) is 6.04. The maximum atomic E-state index is 11.8. The highest BCUT2D eigenvalue weighted by molar-refractivity contribution is 5.94. The first-order valence-corrected chi connectivity index (χ1v) is 6.04. The molecule has 2 aromatic heterocycles. The molecule has 0 fully saturated rings. The lowest BCUT2D eigenvalue weighted by atomic mass is 10.2. The van der Waals surface area contributed by atoms with Crippen molar-refractivity contribution in [3.63, 3.8) is 0 Å². The third kappa shape index (κ3) is 3.61. The van der Waals surface area contributed by atoms with Crippen molar-refractivity contribution in [1.29, 1.82) is 0 Å². The van der Waals surface area contributed by atoms with E-state index in [1.165, 1.54) is 18.2 Å². The molecule has 0 aromatic carbocycles. The molecule has 0 spiro atoms. The van der Waals surface area contributed by atoms with Crippen LogP contribution in [0.5, 0.6) is 0 Å². The normalized spacial score (nSPS) is 10.0. The largest absolute Gasteiger partial charge is 0.477 e. The molecule has 2 N–H and O–H groups in total. The van der Waals surface area contributed by atoms with E-state index in [-0.39, 0.29) is 11.4 Å². The summed E-state index contributed by atoms with van der Waals surface area (Å²) in [5.41, 5.74) is 0.959. The molecular formula is C14H13N3O3. The van der Waals surface area contributed by atoms with E-state index < -0.39 is 11.9 Å². The summed E-state index contributed by atoms with van der Waals surface area (Å²) >= 11 is 0. The molecule has 2 aromatic rings. The van der Waals surface area contributed by atoms with Gasteiger partial charge in [0.05, 0.1) is 0 Å². The van der Waals surface area contributed by atoms with Gasteiger partial charge in [-0.2, -0.15) is 0 Å². The number of nitrogens with zero attached hydrogens (tertiary/aromatic N) is 2. The number of aromatic nitrogens is 2. The molecular weight excluding hydrogens is 258 g/mol. The number of nitrogens with one attached hydrogen (secondary N) is 1. The Hall–Kier alpha value is -2.76. The zero-order valence-corrected chi connectivity index (χ0v) is 10.6. The second kappa shape index (κ2) is 6.42. The maximum absolute atomic E-state index is 11.8. The van der Waals surface area contributed by atoms with E-state index in [9.17, 15) is 9.59 Å². The zero-order valence-electron chi connectivity index (χ0n) is 10.6. The van der Waals surface area contributed by atoms with Gasteiger partial charge in [-0.1, -0.05) is 12.1 Å². The van der Waals surface area contributed by atoms with Crippen molar-refractivity contribution in [3.05, 3.63) is 59.7 Å².